The molecule has 0 radical (unpaired) electrons. The van der Waals surface area contributed by atoms with Crippen molar-refractivity contribution in [3.63, 3.8) is 0 Å². The maximum atomic E-state index is 13.0. The number of benzene rings is 2. The Morgan fingerprint density at radius 2 is 1.87 bits per heavy atom. The van der Waals surface area contributed by atoms with Crippen LogP contribution in [-0.4, -0.2) is 21.5 Å². The van der Waals surface area contributed by atoms with E-state index >= 15 is 0 Å². The first-order valence-electron chi connectivity index (χ1n) is 10.1. The third-order valence-electron chi connectivity index (χ3n) is 5.61. The van der Waals surface area contributed by atoms with Crippen molar-refractivity contribution in [1.29, 1.82) is 0 Å². The van der Waals surface area contributed by atoms with Crippen molar-refractivity contribution in [2.24, 2.45) is 0 Å². The van der Waals surface area contributed by atoms with Crippen LogP contribution in [0.1, 0.15) is 11.1 Å². The molecule has 6 heteroatoms. The maximum absolute atomic E-state index is 13.0. The van der Waals surface area contributed by atoms with Gasteiger partial charge in [-0.05, 0) is 73.5 Å². The van der Waals surface area contributed by atoms with Crippen LogP contribution in [0.25, 0.3) is 27.8 Å². The van der Waals surface area contributed by atoms with Gasteiger partial charge < -0.3 is 15.0 Å². The van der Waals surface area contributed by atoms with Gasteiger partial charge in [0.15, 0.2) is 0 Å². The standard InChI is InChI=1S/C25H22N4O2/c1-15-7-8-18(12-16(15)2)26-24-23(28-22-6-4-5-11-29(22)24)20-14-17-13-19(31-3)9-10-21(17)27-25(20)30/h4-14,26H,1-3H3,(H,27,30). The van der Waals surface area contributed by atoms with Crippen LogP contribution in [0, 0.1) is 13.8 Å². The highest BCUT2D eigenvalue weighted by Gasteiger charge is 2.18. The summed E-state index contributed by atoms with van der Waals surface area (Å²) in [6.45, 7) is 4.17. The van der Waals surface area contributed by atoms with Crippen molar-refractivity contribution >= 4 is 28.1 Å². The largest absolute Gasteiger partial charge is 0.497 e. The van der Waals surface area contributed by atoms with Crippen LogP contribution < -0.4 is 15.6 Å². The maximum Gasteiger partial charge on any atom is 0.258 e. The highest BCUT2D eigenvalue weighted by molar-refractivity contribution is 5.87. The van der Waals surface area contributed by atoms with Gasteiger partial charge in [-0.1, -0.05) is 12.1 Å². The molecular formula is C25H22N4O2. The third-order valence-corrected chi connectivity index (χ3v) is 5.61. The number of anilines is 2. The number of rotatable bonds is 4. The summed E-state index contributed by atoms with van der Waals surface area (Å²) >= 11 is 0. The predicted molar refractivity (Wildman–Crippen MR) is 125 cm³/mol. The minimum absolute atomic E-state index is 0.191. The van der Waals surface area contributed by atoms with Crippen molar-refractivity contribution < 1.29 is 4.74 Å². The van der Waals surface area contributed by atoms with Gasteiger partial charge in [0.2, 0.25) is 0 Å². The second-order valence-electron chi connectivity index (χ2n) is 7.63. The normalized spacial score (nSPS) is 11.2. The lowest BCUT2D eigenvalue weighted by atomic mass is 10.1. The Balaban J connectivity index is 1.73. The SMILES string of the molecule is COc1ccc2[nH]c(=O)c(-c3nc4ccccn4c3Nc3ccc(C)c(C)c3)cc2c1. The van der Waals surface area contributed by atoms with Crippen LogP contribution in [0.5, 0.6) is 5.75 Å². The number of pyridine rings is 2. The van der Waals surface area contributed by atoms with Gasteiger partial charge in [-0.25, -0.2) is 4.98 Å². The number of methoxy groups -OCH3 is 1. The Morgan fingerprint density at radius 3 is 2.68 bits per heavy atom. The molecule has 0 aliphatic rings. The molecule has 0 atom stereocenters. The number of ether oxygens (including phenoxy) is 1. The van der Waals surface area contributed by atoms with Crippen molar-refractivity contribution in [1.82, 2.24) is 14.4 Å². The van der Waals surface area contributed by atoms with Crippen LogP contribution in [0.15, 0.2) is 71.7 Å². The number of aryl methyl sites for hydroxylation is 2. The van der Waals surface area contributed by atoms with E-state index in [1.807, 2.05) is 59.1 Å². The molecule has 0 saturated heterocycles. The van der Waals surface area contributed by atoms with E-state index in [4.69, 9.17) is 9.72 Å². The van der Waals surface area contributed by atoms with Crippen LogP contribution in [0.3, 0.4) is 0 Å². The fourth-order valence-electron chi connectivity index (χ4n) is 3.75. The number of H-pyrrole nitrogens is 1. The second-order valence-corrected chi connectivity index (χ2v) is 7.63. The van der Waals surface area contributed by atoms with Gasteiger partial charge in [0.05, 0.1) is 12.7 Å². The third kappa shape index (κ3) is 3.32. The van der Waals surface area contributed by atoms with Crippen LogP contribution in [0.2, 0.25) is 0 Å². The molecule has 6 nitrogen and oxygen atoms in total. The molecule has 2 aromatic carbocycles. The first-order chi connectivity index (χ1) is 15.0. The Kier molecular flexibility index (Phi) is 4.47. The molecule has 2 N–H and O–H groups in total. The highest BCUT2D eigenvalue weighted by atomic mass is 16.5. The van der Waals surface area contributed by atoms with E-state index in [-0.39, 0.29) is 5.56 Å². The van der Waals surface area contributed by atoms with Gasteiger partial charge >= 0.3 is 0 Å². The lowest BCUT2D eigenvalue weighted by molar-refractivity contribution is 0.415. The monoisotopic (exact) mass is 410 g/mol. The van der Waals surface area contributed by atoms with Gasteiger partial charge in [0.1, 0.15) is 22.9 Å². The summed E-state index contributed by atoms with van der Waals surface area (Å²) in [4.78, 5) is 20.8. The zero-order chi connectivity index (χ0) is 21.5. The number of aromatic nitrogens is 3. The number of hydrogen-bond acceptors (Lipinski definition) is 4. The van der Waals surface area contributed by atoms with E-state index in [1.54, 1.807) is 7.11 Å². The Bertz CT molecular complexity index is 1500. The Hall–Kier alpha value is -4.06. The minimum Gasteiger partial charge on any atom is -0.497 e. The van der Waals surface area contributed by atoms with Crippen LogP contribution >= 0.6 is 0 Å². The lowest BCUT2D eigenvalue weighted by Gasteiger charge is -2.11. The minimum atomic E-state index is -0.191. The first kappa shape index (κ1) is 18.9. The van der Waals surface area contributed by atoms with Crippen molar-refractivity contribution in [3.8, 4) is 17.0 Å². The molecule has 3 aromatic heterocycles. The van der Waals surface area contributed by atoms with E-state index < -0.39 is 0 Å². The van der Waals surface area contributed by atoms with Gasteiger partial charge in [0.25, 0.3) is 5.56 Å². The van der Waals surface area contributed by atoms with Crippen LogP contribution in [-0.2, 0) is 0 Å². The zero-order valence-corrected chi connectivity index (χ0v) is 17.6. The molecule has 0 aliphatic heterocycles. The number of aromatic amines is 1. The molecule has 5 aromatic rings. The molecule has 0 amide bonds. The van der Waals surface area contributed by atoms with E-state index in [2.05, 4.69) is 36.3 Å². The molecular weight excluding hydrogens is 388 g/mol. The van der Waals surface area contributed by atoms with Crippen molar-refractivity contribution in [3.05, 3.63) is 88.3 Å². The van der Waals surface area contributed by atoms with E-state index in [0.717, 1.165) is 33.8 Å². The molecule has 0 fully saturated rings. The molecule has 0 saturated carbocycles. The van der Waals surface area contributed by atoms with E-state index in [9.17, 15) is 4.79 Å². The number of nitrogens with zero attached hydrogens (tertiary/aromatic N) is 2. The highest BCUT2D eigenvalue weighted by Crippen LogP contribution is 2.31. The van der Waals surface area contributed by atoms with E-state index in [0.29, 0.717) is 11.3 Å². The number of imidazole rings is 1. The van der Waals surface area contributed by atoms with Crippen LogP contribution in [0.4, 0.5) is 11.5 Å². The molecule has 0 bridgehead atoms. The second kappa shape index (κ2) is 7.32. The average Bonchev–Trinajstić information content (AvgIpc) is 3.13. The van der Waals surface area contributed by atoms with Gasteiger partial charge in [0, 0.05) is 22.8 Å². The molecule has 0 aliphatic carbocycles. The summed E-state index contributed by atoms with van der Waals surface area (Å²) in [7, 11) is 1.63. The average molecular weight is 410 g/mol. The number of fused-ring (bicyclic) bond motifs is 2. The summed E-state index contributed by atoms with van der Waals surface area (Å²) < 4.78 is 7.30. The van der Waals surface area contributed by atoms with Gasteiger partial charge in [-0.2, -0.15) is 0 Å². The van der Waals surface area contributed by atoms with Gasteiger partial charge in [-0.3, -0.25) is 9.20 Å². The molecule has 31 heavy (non-hydrogen) atoms. The quantitative estimate of drug-likeness (QED) is 0.427. The molecule has 0 unspecified atom stereocenters. The summed E-state index contributed by atoms with van der Waals surface area (Å²) in [6, 6.07) is 19.4. The molecule has 5 rings (SSSR count). The Morgan fingerprint density at radius 1 is 1.00 bits per heavy atom. The summed E-state index contributed by atoms with van der Waals surface area (Å²) in [5.74, 6) is 1.47. The molecule has 154 valence electrons. The smallest absolute Gasteiger partial charge is 0.258 e. The fraction of sp³-hybridized carbons (Fsp3) is 0.120. The number of hydrogen-bond donors (Lipinski definition) is 2. The predicted octanol–water partition coefficient (Wildman–Crippen LogP) is 5.21. The first-order valence-corrected chi connectivity index (χ1v) is 10.1. The topological polar surface area (TPSA) is 71.4 Å². The van der Waals surface area contributed by atoms with Gasteiger partial charge in [-0.15, -0.1) is 0 Å². The number of nitrogens with one attached hydrogen (secondary N) is 2. The fourth-order valence-corrected chi connectivity index (χ4v) is 3.75. The van der Waals surface area contributed by atoms with Crippen molar-refractivity contribution in [2.75, 3.05) is 12.4 Å². The van der Waals surface area contributed by atoms with E-state index in [1.165, 1.54) is 11.1 Å². The Labute approximate surface area is 179 Å². The molecule has 0 spiro atoms. The summed E-state index contributed by atoms with van der Waals surface area (Å²) in [6.07, 6.45) is 1.94. The van der Waals surface area contributed by atoms with Crippen molar-refractivity contribution in [2.45, 2.75) is 13.8 Å². The molecule has 3 heterocycles. The zero-order valence-electron chi connectivity index (χ0n) is 17.6. The summed E-state index contributed by atoms with van der Waals surface area (Å²) in [5, 5.41) is 4.36. The lowest BCUT2D eigenvalue weighted by Crippen LogP contribution is -2.10. The summed E-state index contributed by atoms with van der Waals surface area (Å²) in [5.41, 5.74) is 5.76.